The summed E-state index contributed by atoms with van der Waals surface area (Å²) >= 11 is 14.2. The monoisotopic (exact) mass is 1480 g/mol. The third kappa shape index (κ3) is 16.3. The first-order valence-electron chi connectivity index (χ1n) is 32.4. The van der Waals surface area contributed by atoms with Gasteiger partial charge in [0.2, 0.25) is 47.5 Å². The smallest absolute Gasteiger partial charge is 0.279 e. The van der Waals surface area contributed by atoms with Crippen LogP contribution in [0.1, 0.15) is 105 Å². The molecule has 35 heteroatoms. The number of amides is 7. The van der Waals surface area contributed by atoms with Crippen LogP contribution in [0.3, 0.4) is 0 Å². The molecular weight excluding hydrogens is 1400 g/mol. The molecule has 19 N–H and O–H groups in total. The fourth-order valence-corrected chi connectivity index (χ4v) is 13.3. The van der Waals surface area contributed by atoms with Crippen LogP contribution in [-0.4, -0.2) is 204 Å². The Bertz CT molecular complexity index is 4160. The summed E-state index contributed by atoms with van der Waals surface area (Å²) in [4.78, 5) is 118. The van der Waals surface area contributed by atoms with E-state index >= 15 is 19.2 Å². The second-order valence-electron chi connectivity index (χ2n) is 27.5. The summed E-state index contributed by atoms with van der Waals surface area (Å²) in [5.74, 6) is -16.3. The van der Waals surface area contributed by atoms with Gasteiger partial charge in [-0.05, 0) is 102 Å². The number of benzene rings is 5. The van der Waals surface area contributed by atoms with E-state index in [1.54, 1.807) is 21.1 Å². The topological polar surface area (TPSA) is 521 Å². The highest BCUT2D eigenvalue weighted by atomic mass is 35.5. The van der Waals surface area contributed by atoms with Crippen molar-refractivity contribution < 1.29 is 122 Å². The Balaban J connectivity index is 1.24. The van der Waals surface area contributed by atoms with Gasteiger partial charge in [0.25, 0.3) is 5.91 Å². The van der Waals surface area contributed by atoms with E-state index in [9.17, 15) is 70.2 Å². The molecule has 554 valence electrons. The number of hydrogen-bond donors (Lipinski definition) is 17. The number of phenols is 3. The minimum absolute atomic E-state index is 0.0147. The molecule has 7 heterocycles. The Morgan fingerprint density at radius 1 is 0.718 bits per heavy atom. The Morgan fingerprint density at radius 2 is 1.31 bits per heavy atom. The van der Waals surface area contributed by atoms with Crippen molar-refractivity contribution >= 4 is 70.5 Å². The first kappa shape index (κ1) is 76.4. The number of rotatable bonds is 13. The van der Waals surface area contributed by atoms with Gasteiger partial charge in [-0.3, -0.25) is 33.6 Å². The molecule has 7 amide bonds. The van der Waals surface area contributed by atoms with E-state index in [1.165, 1.54) is 26.0 Å². The minimum Gasteiger partial charge on any atom is -0.548 e. The molecule has 12 rings (SSSR count). The van der Waals surface area contributed by atoms with Crippen molar-refractivity contribution in [2.24, 2.45) is 17.4 Å². The molecule has 7 aliphatic rings. The normalized spacial score (nSPS) is 29.3. The molecule has 0 aromatic heterocycles. The predicted molar refractivity (Wildman–Crippen MR) is 356 cm³/mol. The zero-order valence-electron chi connectivity index (χ0n) is 56.2. The van der Waals surface area contributed by atoms with Crippen LogP contribution in [0.4, 0.5) is 0 Å². The summed E-state index contributed by atoms with van der Waals surface area (Å²) in [6.45, 7) is 5.73. The van der Waals surface area contributed by atoms with E-state index in [2.05, 4.69) is 31.9 Å². The molecule has 103 heavy (non-hydrogen) atoms. The third-order valence-corrected chi connectivity index (χ3v) is 18.9. The number of hydrogen-bond acceptors (Lipinski definition) is 25. The van der Waals surface area contributed by atoms with Crippen molar-refractivity contribution in [3.63, 3.8) is 0 Å². The Kier molecular flexibility index (Phi) is 22.4. The Hall–Kier alpha value is -9.20. The number of phenolic OH excluding ortho intramolecular Hbond substituents is 3. The Morgan fingerprint density at radius 3 is 1.88 bits per heavy atom. The van der Waals surface area contributed by atoms with Gasteiger partial charge in [-0.15, -0.1) is 0 Å². The number of nitrogens with zero attached hydrogens (tertiary/aromatic N) is 1. The number of aliphatic hydroxyl groups excluding tert-OH is 6. The first-order chi connectivity index (χ1) is 48.3. The number of nitrogens with two attached hydrogens (primary N) is 2. The summed E-state index contributed by atoms with van der Waals surface area (Å²) in [5.41, 5.74) is 7.89. The Labute approximate surface area is 597 Å². The average molecular weight is 1480 g/mol. The second kappa shape index (κ2) is 30.2. The van der Waals surface area contributed by atoms with Crippen LogP contribution in [0.2, 0.25) is 10.0 Å². The van der Waals surface area contributed by atoms with Gasteiger partial charge in [0, 0.05) is 35.6 Å². The maximum atomic E-state index is 16.1. The third-order valence-electron chi connectivity index (χ3n) is 18.3. The highest BCUT2D eigenvalue weighted by molar-refractivity contribution is 6.32. The van der Waals surface area contributed by atoms with Crippen molar-refractivity contribution in [3.8, 4) is 57.1 Å². The largest absolute Gasteiger partial charge is 0.548 e. The maximum Gasteiger partial charge on any atom is 0.279 e. The zero-order valence-corrected chi connectivity index (χ0v) is 57.7. The number of ether oxygens (including phenoxy) is 6. The number of likely N-dealkylation sites (N-methyl/N-ethyl adjacent to an activating group) is 1. The number of primary amides is 1. The molecule has 7 aliphatic heterocycles. The molecule has 33 nitrogen and oxygen atoms in total. The van der Waals surface area contributed by atoms with Gasteiger partial charge in [0.15, 0.2) is 29.9 Å². The van der Waals surface area contributed by atoms with Gasteiger partial charge in [-0.1, -0.05) is 55.2 Å². The van der Waals surface area contributed by atoms with Gasteiger partial charge in [0.05, 0.1) is 68.4 Å². The fraction of sp³-hybridized carbons (Fsp3) is 0.441. The van der Waals surface area contributed by atoms with E-state index < -0.39 is 237 Å². The SMILES string of the molecule is CC(C)C[C@H](C(=O)N[C@H]1C(=O)N[C@@H](CC(N)=O)C(=O)N[C@H]2C(=O)N[C@H]3C(=O)N[C@H](C(=O)N[C@H](C(=O)[O-])c4cc(O)cc(O)c4-c4cc3ccc4O)[C@H](O)c3ccc(c(Cl)c3)Oc3cc2cc(c3O[C@@H]2O[C@H](CO)[C@@H](O)[C@H](O)[C@H]2OC2C[C@](C)(N)[C@H](O)[C@H](C)O2)Oc2ccc(cc2Cl)[C@H]1O)[N+](C)(C)C. The molecule has 18 atom stereocenters. The number of aromatic hydroxyl groups is 3. The molecule has 11 bridgehead atoms. The van der Waals surface area contributed by atoms with Crippen LogP contribution in [-0.2, 0) is 52.6 Å². The van der Waals surface area contributed by atoms with Crippen molar-refractivity contribution in [2.45, 2.75) is 156 Å². The lowest BCUT2D eigenvalue weighted by Crippen LogP contribution is -2.64. The lowest BCUT2D eigenvalue weighted by molar-refractivity contribution is -0.887. The van der Waals surface area contributed by atoms with Crippen LogP contribution in [0.5, 0.6) is 46.0 Å². The molecule has 2 fully saturated rings. The highest BCUT2D eigenvalue weighted by Crippen LogP contribution is 2.50. The molecule has 0 radical (unpaired) electrons. The second-order valence-corrected chi connectivity index (χ2v) is 28.3. The summed E-state index contributed by atoms with van der Waals surface area (Å²) in [6, 6.07) is -0.827. The van der Waals surface area contributed by atoms with Crippen molar-refractivity contribution in [1.82, 2.24) is 31.9 Å². The summed E-state index contributed by atoms with van der Waals surface area (Å²) in [7, 11) is 5.16. The molecule has 2 saturated heterocycles. The number of carboxylic acids is 1. The number of carboxylic acid groups (broad SMARTS) is 1. The van der Waals surface area contributed by atoms with E-state index in [-0.39, 0.29) is 50.7 Å². The molecule has 5 aromatic carbocycles. The first-order valence-corrected chi connectivity index (χ1v) is 33.2. The summed E-state index contributed by atoms with van der Waals surface area (Å²) in [6.07, 6.45) is -18.6. The number of quaternary nitrogens is 1. The number of aliphatic hydroxyl groups is 6. The standard InChI is InChI=1S/C68H79Cl2N9O24/c1-25(2)14-37(79(5,6)7)61(91)77-51-53(85)28-9-12-40(34(69)16-28)99-42-18-30-19-43(57(42)103-67-58(56(88)55(87)44(24-80)101-67)102-46-23-68(4,72)59(89)26(3)98-46)100-41-13-10-29(17-35(41)70)54(86)52-65(95)76-50(66(96)97)33-20-31(81)21-39(83)47(33)32-15-27(8-11-38(32)82)48(62(92)78-52)75-63(93)49(30)74-60(90)36(22-45(71)84)73-64(51)94/h8-13,15-21,25-26,36-37,44,46,48-56,58-59,67,80,85-89H,14,22-24,72H2,1-7H3,(H11-,71,73,74,75,76,77,78,81,82,83,84,90,91,92,93,94,95,96,97)/t26-,36-,37+,44+,46?,48+,49+,50-,51+,52-,53+,54+,55+,56-,58+,59+,67-,68-/m0/s1. The lowest BCUT2D eigenvalue weighted by atomic mass is 9.86. The molecule has 0 saturated carbocycles. The zero-order chi connectivity index (χ0) is 75.3. The maximum absolute atomic E-state index is 16.1. The van der Waals surface area contributed by atoms with Gasteiger partial charge in [-0.2, -0.15) is 0 Å². The van der Waals surface area contributed by atoms with Crippen LogP contribution < -0.4 is 62.7 Å². The molecule has 1 unspecified atom stereocenters. The average Bonchev–Trinajstić information content (AvgIpc) is 0.767. The van der Waals surface area contributed by atoms with Crippen molar-refractivity contribution in [1.29, 1.82) is 0 Å². The molecule has 0 aliphatic carbocycles. The van der Waals surface area contributed by atoms with Crippen molar-refractivity contribution in [2.75, 3.05) is 27.7 Å². The summed E-state index contributed by atoms with van der Waals surface area (Å²) < 4.78 is 38.4. The van der Waals surface area contributed by atoms with Crippen LogP contribution >= 0.6 is 23.2 Å². The van der Waals surface area contributed by atoms with Crippen LogP contribution in [0, 0.1) is 5.92 Å². The van der Waals surface area contributed by atoms with Crippen LogP contribution in [0.15, 0.2) is 78.9 Å². The van der Waals surface area contributed by atoms with E-state index in [0.29, 0.717) is 0 Å². The quantitative estimate of drug-likeness (QED) is 0.0646. The number of fused-ring (bicyclic) bond motifs is 15. The minimum atomic E-state index is -2.36. The van der Waals surface area contributed by atoms with E-state index in [4.69, 9.17) is 63.1 Å². The molecule has 5 aromatic rings. The number of carbonyl (C=O) groups excluding carboxylic acids is 8. The number of nitrogens with one attached hydrogen (secondary N) is 6. The van der Waals surface area contributed by atoms with Crippen LogP contribution in [0.25, 0.3) is 11.1 Å². The van der Waals surface area contributed by atoms with Crippen molar-refractivity contribution in [3.05, 3.63) is 117 Å². The molecular formula is C68H79Cl2N9O24. The summed E-state index contributed by atoms with van der Waals surface area (Å²) in [5, 5.41) is 130. The van der Waals surface area contributed by atoms with Gasteiger partial charge >= 0.3 is 0 Å². The van der Waals surface area contributed by atoms with Gasteiger partial charge in [0.1, 0.15) is 89.5 Å². The van der Waals surface area contributed by atoms with E-state index in [1.807, 2.05) is 13.8 Å². The number of carbonyl (C=O) groups is 8. The van der Waals surface area contributed by atoms with Gasteiger partial charge < -0.3 is 132 Å². The highest BCUT2D eigenvalue weighted by Gasteiger charge is 2.52. The fourth-order valence-electron chi connectivity index (χ4n) is 12.9. The number of aliphatic carboxylic acids is 1. The van der Waals surface area contributed by atoms with Gasteiger partial charge in [-0.25, -0.2) is 0 Å². The predicted octanol–water partition coefficient (Wildman–Crippen LogP) is -0.742. The molecule has 0 spiro atoms. The van der Waals surface area contributed by atoms with E-state index in [0.717, 1.165) is 66.7 Å². The number of halogens is 2. The lowest BCUT2D eigenvalue weighted by Gasteiger charge is -2.47.